The molecule has 1 saturated carbocycles. The highest BCUT2D eigenvalue weighted by Crippen LogP contribution is 2.31. The third-order valence-corrected chi connectivity index (χ3v) is 2.68. The van der Waals surface area contributed by atoms with Crippen molar-refractivity contribution >= 4 is 11.6 Å². The smallest absolute Gasteiger partial charge is 0.145 e. The Labute approximate surface area is 65.4 Å². The van der Waals surface area contributed by atoms with Crippen LogP contribution in [0.25, 0.3) is 0 Å². The van der Waals surface area contributed by atoms with Crippen molar-refractivity contribution in [1.82, 2.24) is 4.90 Å². The minimum absolute atomic E-state index is 0.0347. The van der Waals surface area contributed by atoms with E-state index in [1.165, 1.54) is 0 Å². The van der Waals surface area contributed by atoms with Gasteiger partial charge in [0.05, 0.1) is 6.42 Å². The van der Waals surface area contributed by atoms with E-state index >= 15 is 0 Å². The summed E-state index contributed by atoms with van der Waals surface area (Å²) in [5.74, 6) is 0.383. The predicted molar refractivity (Wildman–Crippen MR) is 39.1 cm³/mol. The number of carbonyl (C=O) groups is 2. The highest BCUT2D eigenvalue weighted by Gasteiger charge is 2.46. The van der Waals surface area contributed by atoms with E-state index in [2.05, 4.69) is 4.90 Å². The maximum absolute atomic E-state index is 11.2. The minimum Gasteiger partial charge on any atom is -0.305 e. The summed E-state index contributed by atoms with van der Waals surface area (Å²) in [6.07, 6.45) is 0.198. The third kappa shape index (κ3) is 0.913. The van der Waals surface area contributed by atoms with Gasteiger partial charge in [0, 0.05) is 24.9 Å². The monoisotopic (exact) mass is 153 g/mol. The zero-order chi connectivity index (χ0) is 8.01. The molecule has 1 aliphatic heterocycles. The third-order valence-electron chi connectivity index (χ3n) is 2.68. The van der Waals surface area contributed by atoms with E-state index in [1.54, 1.807) is 0 Å². The molecule has 0 spiro atoms. The molecule has 2 aliphatic rings. The average Bonchev–Trinajstić information content (AvgIpc) is 2.38. The number of hydrogen-bond donors (Lipinski definition) is 0. The van der Waals surface area contributed by atoms with Crippen molar-refractivity contribution in [3.8, 4) is 0 Å². The van der Waals surface area contributed by atoms with Crippen molar-refractivity contribution in [1.29, 1.82) is 0 Å². The van der Waals surface area contributed by atoms with Crippen LogP contribution in [0.4, 0.5) is 0 Å². The van der Waals surface area contributed by atoms with Gasteiger partial charge in [0.1, 0.15) is 11.6 Å². The van der Waals surface area contributed by atoms with Gasteiger partial charge in [-0.05, 0) is 7.05 Å². The molecule has 0 aromatic heterocycles. The van der Waals surface area contributed by atoms with Gasteiger partial charge in [-0.25, -0.2) is 0 Å². The van der Waals surface area contributed by atoms with Gasteiger partial charge in [-0.15, -0.1) is 0 Å². The van der Waals surface area contributed by atoms with Crippen molar-refractivity contribution in [2.75, 3.05) is 20.1 Å². The Morgan fingerprint density at radius 2 is 1.64 bits per heavy atom. The van der Waals surface area contributed by atoms with Crippen LogP contribution in [0, 0.1) is 11.8 Å². The molecule has 0 radical (unpaired) electrons. The highest BCUT2D eigenvalue weighted by molar-refractivity contribution is 6.09. The number of carbonyl (C=O) groups excluding carboxylic acids is 2. The second-order valence-electron chi connectivity index (χ2n) is 3.54. The van der Waals surface area contributed by atoms with Crippen LogP contribution in [0.1, 0.15) is 6.42 Å². The van der Waals surface area contributed by atoms with Gasteiger partial charge in [0.25, 0.3) is 0 Å². The van der Waals surface area contributed by atoms with Gasteiger partial charge >= 0.3 is 0 Å². The number of Topliss-reactive ketones (excluding diaryl/α,β-unsaturated/α-hetero) is 2. The van der Waals surface area contributed by atoms with Crippen molar-refractivity contribution in [3.63, 3.8) is 0 Å². The number of ketones is 2. The second-order valence-corrected chi connectivity index (χ2v) is 3.54. The van der Waals surface area contributed by atoms with E-state index in [0.29, 0.717) is 0 Å². The Hall–Kier alpha value is -0.700. The highest BCUT2D eigenvalue weighted by atomic mass is 16.2. The van der Waals surface area contributed by atoms with Crippen molar-refractivity contribution in [2.24, 2.45) is 11.8 Å². The van der Waals surface area contributed by atoms with E-state index in [4.69, 9.17) is 0 Å². The molecular formula is C8H11NO2. The zero-order valence-corrected chi connectivity index (χ0v) is 6.54. The quantitative estimate of drug-likeness (QED) is 0.449. The molecule has 3 nitrogen and oxygen atoms in total. The lowest BCUT2D eigenvalue weighted by Gasteiger charge is -2.06. The van der Waals surface area contributed by atoms with Gasteiger partial charge in [0.15, 0.2) is 0 Å². The molecule has 2 atom stereocenters. The molecule has 0 amide bonds. The largest absolute Gasteiger partial charge is 0.305 e. The fourth-order valence-electron chi connectivity index (χ4n) is 2.09. The van der Waals surface area contributed by atoms with Gasteiger partial charge in [-0.3, -0.25) is 9.59 Å². The van der Waals surface area contributed by atoms with Crippen LogP contribution in [0.5, 0.6) is 0 Å². The topological polar surface area (TPSA) is 37.4 Å². The Morgan fingerprint density at radius 1 is 1.18 bits per heavy atom. The molecule has 1 saturated heterocycles. The molecule has 2 rings (SSSR count). The summed E-state index contributed by atoms with van der Waals surface area (Å²) in [5, 5.41) is 0. The second kappa shape index (κ2) is 2.14. The van der Waals surface area contributed by atoms with Crippen LogP contribution >= 0.6 is 0 Å². The Bertz CT molecular complexity index is 202. The maximum atomic E-state index is 11.2. The number of fused-ring (bicyclic) bond motifs is 1. The molecule has 1 aliphatic carbocycles. The predicted octanol–water partition coefficient (Wildman–Crippen LogP) is -0.294. The summed E-state index contributed by atoms with van der Waals surface area (Å²) in [7, 11) is 1.96. The van der Waals surface area contributed by atoms with Crippen LogP contribution in [-0.4, -0.2) is 36.6 Å². The van der Waals surface area contributed by atoms with Gasteiger partial charge in [-0.2, -0.15) is 0 Å². The lowest BCUT2D eigenvalue weighted by molar-refractivity contribution is -0.123. The Kier molecular flexibility index (Phi) is 1.36. The summed E-state index contributed by atoms with van der Waals surface area (Å²) in [4.78, 5) is 24.4. The number of likely N-dealkylation sites (tertiary alicyclic amines) is 1. The van der Waals surface area contributed by atoms with Crippen LogP contribution in [0.15, 0.2) is 0 Å². The van der Waals surface area contributed by atoms with Crippen LogP contribution < -0.4 is 0 Å². The molecule has 2 unspecified atom stereocenters. The van der Waals surface area contributed by atoms with Crippen molar-refractivity contribution < 1.29 is 9.59 Å². The fourth-order valence-corrected chi connectivity index (χ4v) is 2.09. The molecule has 11 heavy (non-hydrogen) atoms. The first-order valence-electron chi connectivity index (χ1n) is 3.92. The molecular weight excluding hydrogens is 142 g/mol. The fraction of sp³-hybridized carbons (Fsp3) is 0.750. The summed E-state index contributed by atoms with van der Waals surface area (Å²) < 4.78 is 0. The zero-order valence-electron chi connectivity index (χ0n) is 6.54. The van der Waals surface area contributed by atoms with E-state index in [1.807, 2.05) is 7.05 Å². The first kappa shape index (κ1) is 6.98. The van der Waals surface area contributed by atoms with Gasteiger partial charge in [-0.1, -0.05) is 0 Å². The van der Waals surface area contributed by atoms with E-state index in [-0.39, 0.29) is 29.8 Å². The molecule has 3 heteroatoms. The van der Waals surface area contributed by atoms with Crippen LogP contribution in [0.2, 0.25) is 0 Å². The SMILES string of the molecule is CN1CC2C(=O)CC(=O)C2C1. The lowest BCUT2D eigenvalue weighted by Crippen LogP contribution is -2.18. The Morgan fingerprint density at radius 3 is 2.09 bits per heavy atom. The van der Waals surface area contributed by atoms with Crippen molar-refractivity contribution in [2.45, 2.75) is 6.42 Å². The standard InChI is InChI=1S/C8H11NO2/c1-9-3-5-6(4-9)8(11)2-7(5)10/h5-6H,2-4H2,1H3. The molecule has 0 N–H and O–H groups in total. The van der Waals surface area contributed by atoms with Gasteiger partial charge in [0.2, 0.25) is 0 Å². The van der Waals surface area contributed by atoms with Gasteiger partial charge < -0.3 is 4.90 Å². The van der Waals surface area contributed by atoms with E-state index < -0.39 is 0 Å². The molecule has 0 bridgehead atoms. The van der Waals surface area contributed by atoms with E-state index in [0.717, 1.165) is 13.1 Å². The molecule has 1 heterocycles. The van der Waals surface area contributed by atoms with Crippen molar-refractivity contribution in [3.05, 3.63) is 0 Å². The molecule has 0 aromatic rings. The van der Waals surface area contributed by atoms with Crippen LogP contribution in [-0.2, 0) is 9.59 Å². The molecule has 2 fully saturated rings. The normalized spacial score (nSPS) is 38.3. The van der Waals surface area contributed by atoms with Crippen LogP contribution in [0.3, 0.4) is 0 Å². The summed E-state index contributed by atoms with van der Waals surface area (Å²) in [6, 6.07) is 0. The summed E-state index contributed by atoms with van der Waals surface area (Å²) >= 11 is 0. The minimum atomic E-state index is 0.0347. The molecule has 60 valence electrons. The Balaban J connectivity index is 2.23. The maximum Gasteiger partial charge on any atom is 0.145 e. The number of nitrogens with zero attached hydrogens (tertiary/aromatic N) is 1. The first-order valence-corrected chi connectivity index (χ1v) is 3.92. The average molecular weight is 153 g/mol. The lowest BCUT2D eigenvalue weighted by atomic mass is 10.00. The number of rotatable bonds is 0. The molecule has 0 aromatic carbocycles. The number of hydrogen-bond acceptors (Lipinski definition) is 3. The van der Waals surface area contributed by atoms with E-state index in [9.17, 15) is 9.59 Å². The first-order chi connectivity index (χ1) is 5.18. The summed E-state index contributed by atoms with van der Waals surface area (Å²) in [6.45, 7) is 1.57. The summed E-state index contributed by atoms with van der Waals surface area (Å²) in [5.41, 5.74) is 0.